The summed E-state index contributed by atoms with van der Waals surface area (Å²) in [6, 6.07) is -0.578. The van der Waals surface area contributed by atoms with Gasteiger partial charge in [-0.25, -0.2) is 0 Å². The Labute approximate surface area is 106 Å². The van der Waals surface area contributed by atoms with E-state index in [-0.39, 0.29) is 30.7 Å². The fourth-order valence-electron chi connectivity index (χ4n) is 1.75. The maximum Gasteiger partial charge on any atom is 0.246 e. The zero-order chi connectivity index (χ0) is 13.5. The normalized spacial score (nSPS) is 19.4. The number of carbonyl (C=O) groups excluding carboxylic acids is 3. The van der Waals surface area contributed by atoms with Crippen LogP contribution in [0.4, 0.5) is 0 Å². The highest BCUT2D eigenvalue weighted by atomic mass is 16.5. The fraction of sp³-hybridized carbons (Fsp3) is 0.727. The van der Waals surface area contributed by atoms with Crippen LogP contribution in [0, 0.1) is 0 Å². The van der Waals surface area contributed by atoms with E-state index in [1.54, 1.807) is 14.0 Å². The van der Waals surface area contributed by atoms with Crippen LogP contribution in [-0.2, 0) is 19.1 Å². The zero-order valence-corrected chi connectivity index (χ0v) is 10.7. The Morgan fingerprint density at radius 1 is 1.50 bits per heavy atom. The molecule has 0 saturated carbocycles. The minimum Gasteiger partial charge on any atom is -0.383 e. The first-order chi connectivity index (χ1) is 8.60. The van der Waals surface area contributed by atoms with E-state index in [0.717, 1.165) is 0 Å². The number of nitrogens with one attached hydrogen (secondary N) is 2. The fourth-order valence-corrected chi connectivity index (χ4v) is 1.75. The molecule has 0 aromatic rings. The van der Waals surface area contributed by atoms with Gasteiger partial charge in [0.15, 0.2) is 0 Å². The standard InChI is InChI=1S/C11H19N3O4/c1-3-14-10(16)6-8(11(14)17)13-7-9(15)12-4-5-18-2/h8,13H,3-7H2,1-2H3,(H,12,15). The van der Waals surface area contributed by atoms with Crippen LogP contribution in [0.25, 0.3) is 0 Å². The maximum absolute atomic E-state index is 11.7. The lowest BCUT2D eigenvalue weighted by Crippen LogP contribution is -2.43. The number of carbonyl (C=O) groups is 3. The molecule has 0 aromatic heterocycles. The van der Waals surface area contributed by atoms with E-state index in [9.17, 15) is 14.4 Å². The van der Waals surface area contributed by atoms with Crippen molar-refractivity contribution in [3.05, 3.63) is 0 Å². The van der Waals surface area contributed by atoms with E-state index < -0.39 is 6.04 Å². The van der Waals surface area contributed by atoms with Crippen LogP contribution in [-0.4, -0.2) is 62.0 Å². The summed E-state index contributed by atoms with van der Waals surface area (Å²) in [5.74, 6) is -0.672. The van der Waals surface area contributed by atoms with Gasteiger partial charge in [0.1, 0.15) is 0 Å². The molecule has 0 aliphatic carbocycles. The predicted octanol–water partition coefficient (Wildman–Crippen LogP) is -1.51. The average molecular weight is 257 g/mol. The van der Waals surface area contributed by atoms with Crippen molar-refractivity contribution >= 4 is 17.7 Å². The first kappa shape index (κ1) is 14.6. The van der Waals surface area contributed by atoms with E-state index in [1.165, 1.54) is 4.90 Å². The highest BCUT2D eigenvalue weighted by Gasteiger charge is 2.37. The van der Waals surface area contributed by atoms with Crippen LogP contribution in [0.1, 0.15) is 13.3 Å². The molecule has 3 amide bonds. The Kier molecular flexibility index (Phi) is 5.73. The van der Waals surface area contributed by atoms with Crippen molar-refractivity contribution in [3.63, 3.8) is 0 Å². The first-order valence-electron chi connectivity index (χ1n) is 5.93. The molecule has 1 atom stereocenters. The summed E-state index contributed by atoms with van der Waals surface area (Å²) in [6.45, 7) is 3.00. The number of nitrogens with zero attached hydrogens (tertiary/aromatic N) is 1. The lowest BCUT2D eigenvalue weighted by Gasteiger charge is -2.13. The van der Waals surface area contributed by atoms with E-state index in [1.807, 2.05) is 0 Å². The molecule has 2 N–H and O–H groups in total. The van der Waals surface area contributed by atoms with Crippen LogP contribution in [0.3, 0.4) is 0 Å². The molecular weight excluding hydrogens is 238 g/mol. The van der Waals surface area contributed by atoms with Crippen molar-refractivity contribution in [3.8, 4) is 0 Å². The van der Waals surface area contributed by atoms with Gasteiger partial charge in [0.05, 0.1) is 25.6 Å². The molecule has 0 radical (unpaired) electrons. The minimum absolute atomic E-state index is 0.0188. The predicted molar refractivity (Wildman–Crippen MR) is 63.7 cm³/mol. The minimum atomic E-state index is -0.578. The van der Waals surface area contributed by atoms with Gasteiger partial charge < -0.3 is 10.1 Å². The molecule has 1 saturated heterocycles. The number of methoxy groups -OCH3 is 1. The van der Waals surface area contributed by atoms with Crippen LogP contribution in [0.15, 0.2) is 0 Å². The third-order valence-corrected chi connectivity index (χ3v) is 2.70. The summed E-state index contributed by atoms with van der Waals surface area (Å²) < 4.78 is 4.79. The van der Waals surface area contributed by atoms with Gasteiger partial charge in [-0.2, -0.15) is 0 Å². The van der Waals surface area contributed by atoms with Gasteiger partial charge in [-0.05, 0) is 6.92 Å². The topological polar surface area (TPSA) is 87.7 Å². The number of likely N-dealkylation sites (tertiary alicyclic amines) is 1. The van der Waals surface area contributed by atoms with E-state index in [0.29, 0.717) is 19.7 Å². The largest absolute Gasteiger partial charge is 0.383 e. The first-order valence-corrected chi connectivity index (χ1v) is 5.93. The van der Waals surface area contributed by atoms with Gasteiger partial charge in [0.2, 0.25) is 17.7 Å². The zero-order valence-electron chi connectivity index (χ0n) is 10.7. The Morgan fingerprint density at radius 3 is 2.78 bits per heavy atom. The van der Waals surface area contributed by atoms with Crippen molar-refractivity contribution in [2.75, 3.05) is 33.4 Å². The summed E-state index contributed by atoms with van der Waals surface area (Å²) >= 11 is 0. The Balaban J connectivity index is 2.30. The lowest BCUT2D eigenvalue weighted by atomic mass is 10.2. The van der Waals surface area contributed by atoms with Gasteiger partial charge in [0, 0.05) is 20.2 Å². The third kappa shape index (κ3) is 3.78. The molecule has 1 aliphatic heterocycles. The van der Waals surface area contributed by atoms with Crippen molar-refractivity contribution in [1.82, 2.24) is 15.5 Å². The molecule has 1 rings (SSSR count). The molecule has 1 heterocycles. The molecular formula is C11H19N3O4. The van der Waals surface area contributed by atoms with Crippen molar-refractivity contribution in [2.24, 2.45) is 0 Å². The second-order valence-corrected chi connectivity index (χ2v) is 3.96. The summed E-state index contributed by atoms with van der Waals surface area (Å²) in [6.07, 6.45) is 0.123. The molecule has 1 fully saturated rings. The molecule has 7 nitrogen and oxygen atoms in total. The van der Waals surface area contributed by atoms with Gasteiger partial charge in [0.25, 0.3) is 0 Å². The Hall–Kier alpha value is -1.47. The molecule has 1 unspecified atom stereocenters. The molecule has 1 aliphatic rings. The third-order valence-electron chi connectivity index (χ3n) is 2.70. The van der Waals surface area contributed by atoms with Crippen LogP contribution in [0.2, 0.25) is 0 Å². The second kappa shape index (κ2) is 7.07. The van der Waals surface area contributed by atoms with Gasteiger partial charge >= 0.3 is 0 Å². The van der Waals surface area contributed by atoms with Gasteiger partial charge in [-0.15, -0.1) is 0 Å². The Bertz CT molecular complexity index is 332. The maximum atomic E-state index is 11.7. The monoisotopic (exact) mass is 257 g/mol. The van der Waals surface area contributed by atoms with Gasteiger partial charge in [-0.3, -0.25) is 24.6 Å². The number of hydrogen-bond donors (Lipinski definition) is 2. The molecule has 18 heavy (non-hydrogen) atoms. The van der Waals surface area contributed by atoms with Crippen molar-refractivity contribution in [1.29, 1.82) is 0 Å². The molecule has 0 bridgehead atoms. The quantitative estimate of drug-likeness (QED) is 0.427. The summed E-state index contributed by atoms with van der Waals surface area (Å²) in [4.78, 5) is 35.7. The lowest BCUT2D eigenvalue weighted by molar-refractivity contribution is -0.138. The van der Waals surface area contributed by atoms with Crippen LogP contribution >= 0.6 is 0 Å². The van der Waals surface area contributed by atoms with Crippen molar-refractivity contribution < 1.29 is 19.1 Å². The average Bonchev–Trinajstić information content (AvgIpc) is 2.62. The number of amides is 3. The molecule has 7 heteroatoms. The number of hydrogen-bond acceptors (Lipinski definition) is 5. The van der Waals surface area contributed by atoms with E-state index in [4.69, 9.17) is 4.74 Å². The van der Waals surface area contributed by atoms with E-state index >= 15 is 0 Å². The summed E-state index contributed by atoms with van der Waals surface area (Å²) in [5, 5.41) is 5.41. The highest BCUT2D eigenvalue weighted by molar-refractivity contribution is 6.05. The number of rotatable bonds is 7. The van der Waals surface area contributed by atoms with Crippen LogP contribution in [0.5, 0.6) is 0 Å². The number of likely N-dealkylation sites (N-methyl/N-ethyl adjacent to an activating group) is 1. The number of ether oxygens (including phenoxy) is 1. The molecule has 0 aromatic carbocycles. The molecule has 102 valence electrons. The van der Waals surface area contributed by atoms with Crippen LogP contribution < -0.4 is 10.6 Å². The second-order valence-electron chi connectivity index (χ2n) is 3.96. The summed E-state index contributed by atoms with van der Waals surface area (Å²) in [5.41, 5.74) is 0. The summed E-state index contributed by atoms with van der Waals surface area (Å²) in [7, 11) is 1.55. The Morgan fingerprint density at radius 2 is 2.22 bits per heavy atom. The highest BCUT2D eigenvalue weighted by Crippen LogP contribution is 2.11. The molecule has 0 spiro atoms. The van der Waals surface area contributed by atoms with Crippen molar-refractivity contribution in [2.45, 2.75) is 19.4 Å². The number of imide groups is 1. The van der Waals surface area contributed by atoms with Gasteiger partial charge in [-0.1, -0.05) is 0 Å². The SMILES string of the molecule is CCN1C(=O)CC(NCC(=O)NCCOC)C1=O. The van der Waals surface area contributed by atoms with E-state index in [2.05, 4.69) is 10.6 Å². The smallest absolute Gasteiger partial charge is 0.246 e.